The standard InChI is InChI=1S/C11H17N3O2/c1-8-6-14(7-11(8,2)15)9-10(16-3)13-5-4-12-9/h4-5,8,15H,6-7H2,1-3H3/t8-,11+/m1/s1. The van der Waals surface area contributed by atoms with Gasteiger partial charge in [0, 0.05) is 31.4 Å². The number of rotatable bonds is 2. The molecule has 2 rings (SSSR count). The van der Waals surface area contributed by atoms with E-state index in [4.69, 9.17) is 4.74 Å². The first-order valence-corrected chi connectivity index (χ1v) is 5.37. The second kappa shape index (κ2) is 3.90. The number of nitrogens with zero attached hydrogens (tertiary/aromatic N) is 3. The van der Waals surface area contributed by atoms with Gasteiger partial charge in [-0.15, -0.1) is 0 Å². The summed E-state index contributed by atoms with van der Waals surface area (Å²) in [5.41, 5.74) is -0.678. The second-order valence-corrected chi connectivity index (χ2v) is 4.53. The van der Waals surface area contributed by atoms with Gasteiger partial charge < -0.3 is 14.7 Å². The van der Waals surface area contributed by atoms with E-state index >= 15 is 0 Å². The maximum absolute atomic E-state index is 10.1. The SMILES string of the molecule is COc1nccnc1N1C[C@@H](C)[C@@](C)(O)C1. The maximum atomic E-state index is 10.1. The highest BCUT2D eigenvalue weighted by Crippen LogP contribution is 2.33. The number of aliphatic hydroxyl groups is 1. The molecular formula is C11H17N3O2. The molecule has 2 heterocycles. The lowest BCUT2D eigenvalue weighted by Gasteiger charge is -2.21. The van der Waals surface area contributed by atoms with E-state index in [1.165, 1.54) is 0 Å². The van der Waals surface area contributed by atoms with E-state index in [1.807, 2.05) is 18.7 Å². The first-order valence-electron chi connectivity index (χ1n) is 5.37. The topological polar surface area (TPSA) is 58.5 Å². The van der Waals surface area contributed by atoms with Crippen molar-refractivity contribution in [3.63, 3.8) is 0 Å². The van der Waals surface area contributed by atoms with E-state index in [0.29, 0.717) is 18.2 Å². The molecule has 5 heteroatoms. The first kappa shape index (κ1) is 11.1. The van der Waals surface area contributed by atoms with Crippen molar-refractivity contribution >= 4 is 5.82 Å². The van der Waals surface area contributed by atoms with Crippen LogP contribution in [0.2, 0.25) is 0 Å². The number of anilines is 1. The average Bonchev–Trinajstić information content (AvgIpc) is 2.53. The molecule has 0 aliphatic carbocycles. The summed E-state index contributed by atoms with van der Waals surface area (Å²) in [5, 5.41) is 10.1. The lowest BCUT2D eigenvalue weighted by atomic mass is 9.95. The second-order valence-electron chi connectivity index (χ2n) is 4.53. The summed E-state index contributed by atoms with van der Waals surface area (Å²) in [6.07, 6.45) is 3.23. The van der Waals surface area contributed by atoms with Gasteiger partial charge in [0.05, 0.1) is 12.7 Å². The van der Waals surface area contributed by atoms with Crippen molar-refractivity contribution in [1.29, 1.82) is 0 Å². The molecule has 0 unspecified atom stereocenters. The number of methoxy groups -OCH3 is 1. The van der Waals surface area contributed by atoms with Crippen LogP contribution in [-0.2, 0) is 0 Å². The fourth-order valence-electron chi connectivity index (χ4n) is 1.97. The van der Waals surface area contributed by atoms with E-state index in [-0.39, 0.29) is 5.92 Å². The Morgan fingerprint density at radius 3 is 2.75 bits per heavy atom. The number of hydrogen-bond acceptors (Lipinski definition) is 5. The van der Waals surface area contributed by atoms with Crippen LogP contribution in [0.15, 0.2) is 12.4 Å². The van der Waals surface area contributed by atoms with Crippen LogP contribution in [0.3, 0.4) is 0 Å². The zero-order valence-electron chi connectivity index (χ0n) is 9.84. The molecule has 1 N–H and O–H groups in total. The van der Waals surface area contributed by atoms with Crippen molar-refractivity contribution in [1.82, 2.24) is 9.97 Å². The smallest absolute Gasteiger partial charge is 0.257 e. The molecule has 5 nitrogen and oxygen atoms in total. The third kappa shape index (κ3) is 1.82. The van der Waals surface area contributed by atoms with Crippen LogP contribution in [0.4, 0.5) is 5.82 Å². The highest BCUT2D eigenvalue weighted by molar-refractivity contribution is 5.49. The van der Waals surface area contributed by atoms with E-state index in [1.54, 1.807) is 19.5 Å². The van der Waals surface area contributed by atoms with Gasteiger partial charge >= 0.3 is 0 Å². The van der Waals surface area contributed by atoms with Gasteiger partial charge in [0.1, 0.15) is 0 Å². The predicted octanol–water partition coefficient (Wildman–Crippen LogP) is 0.692. The van der Waals surface area contributed by atoms with E-state index < -0.39 is 5.60 Å². The molecule has 0 aromatic carbocycles. The quantitative estimate of drug-likeness (QED) is 0.799. The molecule has 1 saturated heterocycles. The van der Waals surface area contributed by atoms with Crippen molar-refractivity contribution in [2.45, 2.75) is 19.4 Å². The van der Waals surface area contributed by atoms with Crippen LogP contribution in [0, 0.1) is 5.92 Å². The van der Waals surface area contributed by atoms with Gasteiger partial charge in [0.15, 0.2) is 5.82 Å². The lowest BCUT2D eigenvalue weighted by Crippen LogP contribution is -2.33. The van der Waals surface area contributed by atoms with Gasteiger partial charge in [0.2, 0.25) is 0 Å². The summed E-state index contributed by atoms with van der Waals surface area (Å²) in [6, 6.07) is 0. The van der Waals surface area contributed by atoms with E-state index in [9.17, 15) is 5.11 Å². The molecule has 0 amide bonds. The van der Waals surface area contributed by atoms with Gasteiger partial charge in [-0.05, 0) is 6.92 Å². The fourth-order valence-corrected chi connectivity index (χ4v) is 1.97. The first-order chi connectivity index (χ1) is 7.54. The van der Waals surface area contributed by atoms with Crippen LogP contribution in [0.25, 0.3) is 0 Å². The van der Waals surface area contributed by atoms with Gasteiger partial charge in [-0.1, -0.05) is 6.92 Å². The van der Waals surface area contributed by atoms with Crippen LogP contribution < -0.4 is 9.64 Å². The Morgan fingerprint density at radius 2 is 2.19 bits per heavy atom. The Hall–Kier alpha value is -1.36. The molecule has 1 aliphatic heterocycles. The van der Waals surface area contributed by atoms with Gasteiger partial charge in [-0.3, -0.25) is 0 Å². The van der Waals surface area contributed by atoms with Crippen molar-refractivity contribution in [2.75, 3.05) is 25.1 Å². The molecule has 1 aliphatic rings. The Bertz CT molecular complexity index is 381. The van der Waals surface area contributed by atoms with Gasteiger partial charge in [0.25, 0.3) is 5.88 Å². The van der Waals surface area contributed by atoms with Crippen LogP contribution in [0.5, 0.6) is 5.88 Å². The zero-order chi connectivity index (χ0) is 11.8. The largest absolute Gasteiger partial charge is 0.478 e. The Morgan fingerprint density at radius 1 is 1.50 bits per heavy atom. The summed E-state index contributed by atoms with van der Waals surface area (Å²) < 4.78 is 5.16. The summed E-state index contributed by atoms with van der Waals surface area (Å²) in [4.78, 5) is 10.4. The number of aromatic nitrogens is 2. The summed E-state index contributed by atoms with van der Waals surface area (Å²) >= 11 is 0. The van der Waals surface area contributed by atoms with E-state index in [0.717, 1.165) is 6.54 Å². The van der Waals surface area contributed by atoms with Gasteiger partial charge in [-0.25, -0.2) is 9.97 Å². The molecule has 0 bridgehead atoms. The molecule has 1 aromatic rings. The minimum Gasteiger partial charge on any atom is -0.478 e. The lowest BCUT2D eigenvalue weighted by molar-refractivity contribution is 0.0443. The third-order valence-electron chi connectivity index (χ3n) is 3.21. The summed E-state index contributed by atoms with van der Waals surface area (Å²) in [5.74, 6) is 1.42. The molecular weight excluding hydrogens is 206 g/mol. The molecule has 0 spiro atoms. The zero-order valence-corrected chi connectivity index (χ0v) is 9.84. The van der Waals surface area contributed by atoms with Crippen LogP contribution >= 0.6 is 0 Å². The van der Waals surface area contributed by atoms with Crippen molar-refractivity contribution < 1.29 is 9.84 Å². The minimum atomic E-state index is -0.678. The predicted molar refractivity (Wildman–Crippen MR) is 60.6 cm³/mol. The summed E-state index contributed by atoms with van der Waals surface area (Å²) in [6.45, 7) is 5.20. The van der Waals surface area contributed by atoms with Gasteiger partial charge in [-0.2, -0.15) is 0 Å². The molecule has 0 saturated carbocycles. The molecule has 16 heavy (non-hydrogen) atoms. The van der Waals surface area contributed by atoms with E-state index in [2.05, 4.69) is 9.97 Å². The Labute approximate surface area is 95.1 Å². The molecule has 88 valence electrons. The van der Waals surface area contributed by atoms with Crippen LogP contribution in [0.1, 0.15) is 13.8 Å². The fraction of sp³-hybridized carbons (Fsp3) is 0.636. The van der Waals surface area contributed by atoms with Crippen molar-refractivity contribution in [3.8, 4) is 5.88 Å². The van der Waals surface area contributed by atoms with Crippen LogP contribution in [-0.4, -0.2) is 40.9 Å². The monoisotopic (exact) mass is 223 g/mol. The minimum absolute atomic E-state index is 0.208. The maximum Gasteiger partial charge on any atom is 0.257 e. The number of β-amino-alcohol motifs (C(OH)–C–C–N with tert-alkyl or cyclic N) is 1. The number of hydrogen-bond donors (Lipinski definition) is 1. The van der Waals surface area contributed by atoms with Crippen molar-refractivity contribution in [2.24, 2.45) is 5.92 Å². The molecule has 2 atom stereocenters. The summed E-state index contributed by atoms with van der Waals surface area (Å²) in [7, 11) is 1.57. The van der Waals surface area contributed by atoms with Crippen molar-refractivity contribution in [3.05, 3.63) is 12.4 Å². The molecule has 1 aromatic heterocycles. The number of ether oxygens (including phenoxy) is 1. The molecule has 1 fully saturated rings. The highest BCUT2D eigenvalue weighted by atomic mass is 16.5. The molecule has 0 radical (unpaired) electrons. The third-order valence-corrected chi connectivity index (χ3v) is 3.21. The normalized spacial score (nSPS) is 29.5. The average molecular weight is 223 g/mol. The highest BCUT2D eigenvalue weighted by Gasteiger charge is 2.39. The Balaban J connectivity index is 2.26. The Kier molecular flexibility index (Phi) is 2.71.